The van der Waals surface area contributed by atoms with Gasteiger partial charge in [0.1, 0.15) is 0 Å². The predicted molar refractivity (Wildman–Crippen MR) is 129 cm³/mol. The summed E-state index contributed by atoms with van der Waals surface area (Å²) >= 11 is 1.35. The van der Waals surface area contributed by atoms with Gasteiger partial charge in [-0.2, -0.15) is 0 Å². The molecule has 6 nitrogen and oxygen atoms in total. The lowest BCUT2D eigenvalue weighted by Crippen LogP contribution is -2.20. The van der Waals surface area contributed by atoms with Gasteiger partial charge >= 0.3 is 0 Å². The molecule has 1 amide bonds. The summed E-state index contributed by atoms with van der Waals surface area (Å²) in [5.41, 5.74) is 3.66. The Balaban J connectivity index is 1.57. The van der Waals surface area contributed by atoms with Crippen molar-refractivity contribution in [2.24, 2.45) is 0 Å². The van der Waals surface area contributed by atoms with Crippen molar-refractivity contribution in [1.82, 2.24) is 19.7 Å². The maximum atomic E-state index is 12.8. The number of hydrogen-bond donors (Lipinski definition) is 1. The number of hydrogen-bond acceptors (Lipinski definition) is 5. The number of nitrogens with one attached hydrogen (secondary N) is 1. The van der Waals surface area contributed by atoms with Crippen molar-refractivity contribution in [2.75, 3.05) is 11.1 Å². The maximum absolute atomic E-state index is 12.8. The Labute approximate surface area is 192 Å². The van der Waals surface area contributed by atoms with E-state index >= 15 is 0 Å². The average molecular weight is 444 g/mol. The summed E-state index contributed by atoms with van der Waals surface area (Å²) in [7, 11) is 0. The number of carbonyl (C=O) groups excluding carboxylic acids is 1. The van der Waals surface area contributed by atoms with Gasteiger partial charge in [0.15, 0.2) is 11.0 Å². The van der Waals surface area contributed by atoms with Gasteiger partial charge in [0.25, 0.3) is 0 Å². The van der Waals surface area contributed by atoms with Crippen LogP contribution in [-0.4, -0.2) is 31.4 Å². The lowest BCUT2D eigenvalue weighted by atomic mass is 9.86. The van der Waals surface area contributed by atoms with Gasteiger partial charge in [0.2, 0.25) is 5.91 Å². The fourth-order valence-corrected chi connectivity index (χ4v) is 4.17. The normalized spacial score (nSPS) is 11.3. The Morgan fingerprint density at radius 1 is 0.969 bits per heavy atom. The molecule has 0 atom stereocenters. The first-order valence-corrected chi connectivity index (χ1v) is 11.4. The van der Waals surface area contributed by atoms with E-state index in [2.05, 4.69) is 47.3 Å². The van der Waals surface area contributed by atoms with Crippen molar-refractivity contribution < 1.29 is 4.79 Å². The lowest BCUT2D eigenvalue weighted by molar-refractivity contribution is -0.113. The van der Waals surface area contributed by atoms with Gasteiger partial charge in [0, 0.05) is 29.3 Å². The van der Waals surface area contributed by atoms with Crippen molar-refractivity contribution in [3.05, 3.63) is 84.7 Å². The van der Waals surface area contributed by atoms with Crippen molar-refractivity contribution in [3.8, 4) is 17.1 Å². The van der Waals surface area contributed by atoms with Gasteiger partial charge in [-0.1, -0.05) is 68.9 Å². The zero-order chi connectivity index (χ0) is 22.6. The molecule has 4 aromatic rings. The molecule has 0 spiro atoms. The molecule has 0 unspecified atom stereocenters. The molecule has 32 heavy (non-hydrogen) atoms. The van der Waals surface area contributed by atoms with E-state index in [1.54, 1.807) is 12.4 Å². The summed E-state index contributed by atoms with van der Waals surface area (Å²) < 4.78 is 1.96. The van der Waals surface area contributed by atoms with Crippen LogP contribution < -0.4 is 5.32 Å². The Kier molecular flexibility index (Phi) is 6.37. The fraction of sp³-hybridized carbons (Fsp3) is 0.200. The number of amides is 1. The number of carbonyl (C=O) groups is 1. The number of aromatic nitrogens is 4. The van der Waals surface area contributed by atoms with E-state index in [9.17, 15) is 4.79 Å². The monoisotopic (exact) mass is 443 g/mol. The molecule has 0 bridgehead atoms. The molecule has 2 aromatic heterocycles. The highest BCUT2D eigenvalue weighted by atomic mass is 32.2. The topological polar surface area (TPSA) is 72.7 Å². The number of anilines is 1. The molecule has 1 N–H and O–H groups in total. The molecular formula is C25H25N5OS. The van der Waals surface area contributed by atoms with E-state index in [1.807, 2.05) is 65.2 Å². The van der Waals surface area contributed by atoms with E-state index in [1.165, 1.54) is 11.8 Å². The standard InChI is InChI=1S/C25H25N5OS/c1-25(2,3)20-13-7-8-14-21(20)27-22(31)17-32-24-29-28-23(18-10-9-15-26-16-18)30(24)19-11-5-4-6-12-19/h4-16H,17H2,1-3H3,(H,27,31). The summed E-state index contributed by atoms with van der Waals surface area (Å²) in [6, 6.07) is 21.6. The number of pyridine rings is 1. The molecule has 0 fully saturated rings. The van der Waals surface area contributed by atoms with Crippen LogP contribution in [-0.2, 0) is 10.2 Å². The second-order valence-electron chi connectivity index (χ2n) is 8.35. The average Bonchev–Trinajstić information content (AvgIpc) is 3.22. The van der Waals surface area contributed by atoms with E-state index in [0.717, 1.165) is 22.5 Å². The maximum Gasteiger partial charge on any atom is 0.234 e. The molecule has 0 aliphatic carbocycles. The SMILES string of the molecule is CC(C)(C)c1ccccc1NC(=O)CSc1nnc(-c2cccnc2)n1-c1ccccc1. The lowest BCUT2D eigenvalue weighted by Gasteiger charge is -2.23. The Bertz CT molecular complexity index is 1200. The highest BCUT2D eigenvalue weighted by Crippen LogP contribution is 2.30. The van der Waals surface area contributed by atoms with Crippen LogP contribution in [0.1, 0.15) is 26.3 Å². The molecule has 162 valence electrons. The second kappa shape index (κ2) is 9.36. The largest absolute Gasteiger partial charge is 0.325 e. The minimum Gasteiger partial charge on any atom is -0.325 e. The molecule has 0 saturated heterocycles. The van der Waals surface area contributed by atoms with E-state index < -0.39 is 0 Å². The van der Waals surface area contributed by atoms with Gasteiger partial charge in [-0.25, -0.2) is 0 Å². The summed E-state index contributed by atoms with van der Waals surface area (Å²) in [5.74, 6) is 0.818. The third-order valence-electron chi connectivity index (χ3n) is 4.91. The van der Waals surface area contributed by atoms with Crippen LogP contribution >= 0.6 is 11.8 Å². The van der Waals surface area contributed by atoms with Gasteiger partial charge in [-0.3, -0.25) is 14.3 Å². The number of para-hydroxylation sites is 2. The van der Waals surface area contributed by atoms with Crippen molar-refractivity contribution in [2.45, 2.75) is 31.3 Å². The van der Waals surface area contributed by atoms with Gasteiger partial charge < -0.3 is 5.32 Å². The fourth-order valence-electron chi connectivity index (χ4n) is 3.42. The smallest absolute Gasteiger partial charge is 0.234 e. The summed E-state index contributed by atoms with van der Waals surface area (Å²) in [6.07, 6.45) is 3.48. The third-order valence-corrected chi connectivity index (χ3v) is 5.84. The first-order valence-electron chi connectivity index (χ1n) is 10.4. The summed E-state index contributed by atoms with van der Waals surface area (Å²) in [4.78, 5) is 17.0. The molecule has 2 aromatic carbocycles. The van der Waals surface area contributed by atoms with Crippen molar-refractivity contribution in [1.29, 1.82) is 0 Å². The minimum absolute atomic E-state index is 0.0663. The summed E-state index contributed by atoms with van der Waals surface area (Å²) in [5, 5.41) is 12.5. The zero-order valence-electron chi connectivity index (χ0n) is 18.3. The quantitative estimate of drug-likeness (QED) is 0.406. The van der Waals surface area contributed by atoms with Crippen LogP contribution in [0.5, 0.6) is 0 Å². The van der Waals surface area contributed by atoms with Gasteiger partial charge in [-0.15, -0.1) is 10.2 Å². The Morgan fingerprint density at radius 2 is 1.72 bits per heavy atom. The molecule has 0 radical (unpaired) electrons. The van der Waals surface area contributed by atoms with Crippen LogP contribution in [0.2, 0.25) is 0 Å². The van der Waals surface area contributed by atoms with E-state index in [0.29, 0.717) is 11.0 Å². The van der Waals surface area contributed by atoms with Gasteiger partial charge in [-0.05, 0) is 41.3 Å². The van der Waals surface area contributed by atoms with Crippen LogP contribution in [0.25, 0.3) is 17.1 Å². The Hall–Kier alpha value is -3.45. The zero-order valence-corrected chi connectivity index (χ0v) is 19.1. The Morgan fingerprint density at radius 3 is 2.44 bits per heavy atom. The van der Waals surface area contributed by atoms with E-state index in [-0.39, 0.29) is 17.1 Å². The number of benzene rings is 2. The molecular weight excluding hydrogens is 418 g/mol. The minimum atomic E-state index is -0.0859. The van der Waals surface area contributed by atoms with Gasteiger partial charge in [0.05, 0.1) is 5.75 Å². The third kappa shape index (κ3) is 4.89. The molecule has 0 aliphatic heterocycles. The van der Waals surface area contributed by atoms with Crippen molar-refractivity contribution >= 4 is 23.4 Å². The van der Waals surface area contributed by atoms with Crippen LogP contribution in [0.4, 0.5) is 5.69 Å². The van der Waals surface area contributed by atoms with E-state index in [4.69, 9.17) is 0 Å². The van der Waals surface area contributed by atoms with Crippen LogP contribution in [0.15, 0.2) is 84.3 Å². The number of nitrogens with zero attached hydrogens (tertiary/aromatic N) is 4. The molecule has 7 heteroatoms. The van der Waals surface area contributed by atoms with Crippen molar-refractivity contribution in [3.63, 3.8) is 0 Å². The number of thioether (sulfide) groups is 1. The predicted octanol–water partition coefficient (Wildman–Crippen LogP) is 5.36. The first-order chi connectivity index (χ1) is 15.4. The highest BCUT2D eigenvalue weighted by Gasteiger charge is 2.20. The summed E-state index contributed by atoms with van der Waals surface area (Å²) in [6.45, 7) is 6.40. The molecule has 2 heterocycles. The first kappa shape index (κ1) is 21.8. The highest BCUT2D eigenvalue weighted by molar-refractivity contribution is 7.99. The molecule has 4 rings (SSSR count). The molecule has 0 aliphatic rings. The van der Waals surface area contributed by atoms with Crippen LogP contribution in [0.3, 0.4) is 0 Å². The second-order valence-corrected chi connectivity index (χ2v) is 9.29. The number of rotatable bonds is 6. The van der Waals surface area contributed by atoms with Crippen LogP contribution in [0, 0.1) is 0 Å². The molecule has 0 saturated carbocycles.